The second-order valence-corrected chi connectivity index (χ2v) is 3.67. The molecular formula is C8H8N4S. The summed E-state index contributed by atoms with van der Waals surface area (Å²) in [5.41, 5.74) is 7.45. The molecule has 5 heteroatoms. The molecule has 66 valence electrons. The Bertz CT molecular complexity index is 424. The molecule has 0 bridgehead atoms. The predicted molar refractivity (Wildman–Crippen MR) is 52.3 cm³/mol. The molecule has 2 heterocycles. The van der Waals surface area contributed by atoms with E-state index in [2.05, 4.69) is 15.2 Å². The molecule has 0 aliphatic rings. The van der Waals surface area contributed by atoms with Gasteiger partial charge in [-0.05, 0) is 24.6 Å². The molecule has 0 amide bonds. The first-order valence-corrected chi connectivity index (χ1v) is 4.59. The van der Waals surface area contributed by atoms with Crippen molar-refractivity contribution < 1.29 is 0 Å². The maximum absolute atomic E-state index is 5.47. The van der Waals surface area contributed by atoms with E-state index in [9.17, 15) is 0 Å². The Hall–Kier alpha value is -1.49. The standard InChI is InChI=1S/C8H8N4S/c1-5-2-3-10-6(4-5)7-11-12-8(9)13-7/h2-4H,1H3,(H2,9,12). The third kappa shape index (κ3) is 1.65. The van der Waals surface area contributed by atoms with Crippen molar-refractivity contribution in [3.63, 3.8) is 0 Å². The van der Waals surface area contributed by atoms with E-state index < -0.39 is 0 Å². The molecule has 0 atom stereocenters. The van der Waals surface area contributed by atoms with Crippen molar-refractivity contribution in [1.82, 2.24) is 15.2 Å². The van der Waals surface area contributed by atoms with Crippen molar-refractivity contribution >= 4 is 16.5 Å². The maximum atomic E-state index is 5.47. The van der Waals surface area contributed by atoms with Crippen LogP contribution in [0.25, 0.3) is 10.7 Å². The van der Waals surface area contributed by atoms with E-state index in [-0.39, 0.29) is 0 Å². The summed E-state index contributed by atoms with van der Waals surface area (Å²) >= 11 is 1.34. The number of aryl methyl sites for hydroxylation is 1. The van der Waals surface area contributed by atoms with E-state index in [1.165, 1.54) is 11.3 Å². The van der Waals surface area contributed by atoms with Crippen molar-refractivity contribution in [2.45, 2.75) is 6.92 Å². The lowest BCUT2D eigenvalue weighted by atomic mass is 10.2. The van der Waals surface area contributed by atoms with Gasteiger partial charge in [0.15, 0.2) is 5.01 Å². The minimum atomic E-state index is 0.471. The molecule has 0 saturated carbocycles. The molecule has 0 unspecified atom stereocenters. The predicted octanol–water partition coefficient (Wildman–Crippen LogP) is 1.49. The first kappa shape index (κ1) is 8.12. The number of pyridine rings is 1. The number of anilines is 1. The van der Waals surface area contributed by atoms with Gasteiger partial charge in [0.05, 0.1) is 0 Å². The fourth-order valence-corrected chi connectivity index (χ4v) is 1.57. The van der Waals surface area contributed by atoms with E-state index in [1.54, 1.807) is 6.20 Å². The number of hydrogen-bond donors (Lipinski definition) is 1. The van der Waals surface area contributed by atoms with Gasteiger partial charge in [0.2, 0.25) is 5.13 Å². The van der Waals surface area contributed by atoms with Gasteiger partial charge in [-0.15, -0.1) is 10.2 Å². The summed E-state index contributed by atoms with van der Waals surface area (Å²) in [6, 6.07) is 3.90. The Balaban J connectivity index is 2.46. The van der Waals surface area contributed by atoms with E-state index in [0.29, 0.717) is 5.13 Å². The SMILES string of the molecule is Cc1ccnc(-c2nnc(N)s2)c1. The highest BCUT2D eigenvalue weighted by molar-refractivity contribution is 7.18. The summed E-state index contributed by atoms with van der Waals surface area (Å²) in [6.45, 7) is 2.01. The Morgan fingerprint density at radius 1 is 1.38 bits per heavy atom. The van der Waals surface area contributed by atoms with Crippen LogP contribution in [0.4, 0.5) is 5.13 Å². The number of nitrogens with zero attached hydrogens (tertiary/aromatic N) is 3. The summed E-state index contributed by atoms with van der Waals surface area (Å²) in [4.78, 5) is 4.18. The topological polar surface area (TPSA) is 64.7 Å². The fraction of sp³-hybridized carbons (Fsp3) is 0.125. The van der Waals surface area contributed by atoms with E-state index in [0.717, 1.165) is 16.3 Å². The molecule has 0 aliphatic carbocycles. The summed E-state index contributed by atoms with van der Waals surface area (Å²) in [5.74, 6) is 0. The molecule has 0 fully saturated rings. The number of hydrogen-bond acceptors (Lipinski definition) is 5. The van der Waals surface area contributed by atoms with Crippen LogP contribution in [0.5, 0.6) is 0 Å². The molecule has 0 aliphatic heterocycles. The second-order valence-electron chi connectivity index (χ2n) is 2.66. The molecule has 0 spiro atoms. The summed E-state index contributed by atoms with van der Waals surface area (Å²) < 4.78 is 0. The maximum Gasteiger partial charge on any atom is 0.203 e. The smallest absolute Gasteiger partial charge is 0.203 e. The van der Waals surface area contributed by atoms with E-state index in [1.807, 2.05) is 19.1 Å². The van der Waals surface area contributed by atoms with E-state index in [4.69, 9.17) is 5.73 Å². The van der Waals surface area contributed by atoms with Crippen molar-refractivity contribution in [3.8, 4) is 10.7 Å². The van der Waals surface area contributed by atoms with Crippen LogP contribution < -0.4 is 5.73 Å². The van der Waals surface area contributed by atoms with Gasteiger partial charge in [0.1, 0.15) is 5.69 Å². The molecule has 2 N–H and O–H groups in total. The molecular weight excluding hydrogens is 184 g/mol. The zero-order valence-corrected chi connectivity index (χ0v) is 7.88. The highest BCUT2D eigenvalue weighted by Crippen LogP contribution is 2.22. The van der Waals surface area contributed by atoms with Crippen molar-refractivity contribution in [3.05, 3.63) is 23.9 Å². The zero-order valence-electron chi connectivity index (χ0n) is 7.06. The lowest BCUT2D eigenvalue weighted by Gasteiger charge is -1.94. The first-order valence-electron chi connectivity index (χ1n) is 3.78. The van der Waals surface area contributed by atoms with Crippen LogP contribution in [0.3, 0.4) is 0 Å². The molecule has 0 saturated heterocycles. The van der Waals surface area contributed by atoms with Crippen molar-refractivity contribution in [1.29, 1.82) is 0 Å². The van der Waals surface area contributed by atoms with Gasteiger partial charge in [-0.3, -0.25) is 4.98 Å². The first-order chi connectivity index (χ1) is 6.25. The number of nitrogen functional groups attached to an aromatic ring is 1. The van der Waals surface area contributed by atoms with Crippen LogP contribution in [-0.2, 0) is 0 Å². The van der Waals surface area contributed by atoms with Gasteiger partial charge in [-0.2, -0.15) is 0 Å². The Morgan fingerprint density at radius 3 is 2.85 bits per heavy atom. The lowest BCUT2D eigenvalue weighted by Crippen LogP contribution is -1.83. The Morgan fingerprint density at radius 2 is 2.23 bits per heavy atom. The highest BCUT2D eigenvalue weighted by atomic mass is 32.1. The molecule has 4 nitrogen and oxygen atoms in total. The van der Waals surface area contributed by atoms with Crippen molar-refractivity contribution in [2.75, 3.05) is 5.73 Å². The van der Waals surface area contributed by atoms with Crippen LogP contribution in [0, 0.1) is 6.92 Å². The molecule has 0 aromatic carbocycles. The summed E-state index contributed by atoms with van der Waals surface area (Å²) in [5, 5.41) is 8.87. The van der Waals surface area contributed by atoms with Gasteiger partial charge in [-0.25, -0.2) is 0 Å². The third-order valence-corrected chi connectivity index (χ3v) is 2.35. The number of aromatic nitrogens is 3. The van der Waals surface area contributed by atoms with Gasteiger partial charge in [0, 0.05) is 6.20 Å². The Labute approximate surface area is 79.5 Å². The Kier molecular flexibility index (Phi) is 1.94. The average Bonchev–Trinajstić information content (AvgIpc) is 2.52. The fourth-order valence-electron chi connectivity index (χ4n) is 0.991. The number of rotatable bonds is 1. The minimum absolute atomic E-state index is 0.471. The number of nitrogens with two attached hydrogens (primary N) is 1. The van der Waals surface area contributed by atoms with Gasteiger partial charge >= 0.3 is 0 Å². The van der Waals surface area contributed by atoms with Crippen LogP contribution >= 0.6 is 11.3 Å². The normalized spacial score (nSPS) is 10.2. The molecule has 13 heavy (non-hydrogen) atoms. The summed E-state index contributed by atoms with van der Waals surface area (Å²) in [6.07, 6.45) is 1.75. The van der Waals surface area contributed by atoms with Crippen LogP contribution in [0.1, 0.15) is 5.56 Å². The van der Waals surface area contributed by atoms with Crippen molar-refractivity contribution in [2.24, 2.45) is 0 Å². The van der Waals surface area contributed by atoms with Gasteiger partial charge in [-0.1, -0.05) is 11.3 Å². The van der Waals surface area contributed by atoms with Crippen LogP contribution in [0.2, 0.25) is 0 Å². The third-order valence-electron chi connectivity index (χ3n) is 1.58. The average molecular weight is 192 g/mol. The monoisotopic (exact) mass is 192 g/mol. The molecule has 2 aromatic rings. The van der Waals surface area contributed by atoms with Crippen LogP contribution in [-0.4, -0.2) is 15.2 Å². The van der Waals surface area contributed by atoms with Gasteiger partial charge < -0.3 is 5.73 Å². The highest BCUT2D eigenvalue weighted by Gasteiger charge is 2.04. The molecule has 0 radical (unpaired) electrons. The lowest BCUT2D eigenvalue weighted by molar-refractivity contribution is 1.09. The van der Waals surface area contributed by atoms with Crippen LogP contribution in [0.15, 0.2) is 18.3 Å². The minimum Gasteiger partial charge on any atom is -0.374 e. The molecule has 2 aromatic heterocycles. The summed E-state index contributed by atoms with van der Waals surface area (Å²) in [7, 11) is 0. The largest absolute Gasteiger partial charge is 0.374 e. The second kappa shape index (κ2) is 3.10. The zero-order chi connectivity index (χ0) is 9.26. The molecule has 2 rings (SSSR count). The quantitative estimate of drug-likeness (QED) is 0.743. The van der Waals surface area contributed by atoms with E-state index >= 15 is 0 Å². The van der Waals surface area contributed by atoms with Gasteiger partial charge in [0.25, 0.3) is 0 Å².